The Labute approximate surface area is 185 Å². The number of nitrogens with zero attached hydrogens (tertiary/aromatic N) is 2. The standard InChI is InChI=1S/C24H34N4O3/c1-19-4-8-22(9-5-19)31-15-12-26-24(25-2)27-18-23(28-13-16-30-17-14-28)20-6-10-21(29-3)11-7-20/h4-11,23H,12-18H2,1-3H3,(H2,25,26,27). The predicted octanol–water partition coefficient (Wildman–Crippen LogP) is 2.62. The topological polar surface area (TPSA) is 67.4 Å². The molecule has 0 radical (unpaired) electrons. The third-order valence-corrected chi connectivity index (χ3v) is 5.36. The number of rotatable bonds is 9. The van der Waals surface area contributed by atoms with E-state index < -0.39 is 0 Å². The van der Waals surface area contributed by atoms with E-state index in [4.69, 9.17) is 14.2 Å². The lowest BCUT2D eigenvalue weighted by Crippen LogP contribution is -2.46. The lowest BCUT2D eigenvalue weighted by atomic mass is 10.0. The van der Waals surface area contributed by atoms with Crippen LogP contribution in [-0.2, 0) is 4.74 Å². The Bertz CT molecular complexity index is 803. The highest BCUT2D eigenvalue weighted by molar-refractivity contribution is 5.79. The molecular formula is C24H34N4O3. The van der Waals surface area contributed by atoms with Gasteiger partial charge in [-0.05, 0) is 36.8 Å². The van der Waals surface area contributed by atoms with Crippen molar-refractivity contribution < 1.29 is 14.2 Å². The Morgan fingerprint density at radius 2 is 1.71 bits per heavy atom. The Kier molecular flexibility index (Phi) is 8.99. The van der Waals surface area contributed by atoms with Crippen LogP contribution in [0.25, 0.3) is 0 Å². The molecule has 1 atom stereocenters. The van der Waals surface area contributed by atoms with Crippen molar-refractivity contribution >= 4 is 5.96 Å². The Balaban J connectivity index is 1.52. The van der Waals surface area contributed by atoms with E-state index in [1.54, 1.807) is 14.2 Å². The van der Waals surface area contributed by atoms with Crippen LogP contribution in [0, 0.1) is 6.92 Å². The van der Waals surface area contributed by atoms with Crippen molar-refractivity contribution in [2.24, 2.45) is 4.99 Å². The highest BCUT2D eigenvalue weighted by atomic mass is 16.5. The third-order valence-electron chi connectivity index (χ3n) is 5.36. The molecule has 0 aromatic heterocycles. The van der Waals surface area contributed by atoms with E-state index in [1.165, 1.54) is 11.1 Å². The van der Waals surface area contributed by atoms with E-state index in [1.807, 2.05) is 36.4 Å². The van der Waals surface area contributed by atoms with Crippen LogP contribution in [0.3, 0.4) is 0 Å². The monoisotopic (exact) mass is 426 g/mol. The van der Waals surface area contributed by atoms with Crippen LogP contribution in [0.15, 0.2) is 53.5 Å². The lowest BCUT2D eigenvalue weighted by molar-refractivity contribution is 0.0170. The second-order valence-corrected chi connectivity index (χ2v) is 7.48. The van der Waals surface area contributed by atoms with Gasteiger partial charge in [-0.1, -0.05) is 29.8 Å². The van der Waals surface area contributed by atoms with Crippen LogP contribution in [0.5, 0.6) is 11.5 Å². The Morgan fingerprint density at radius 1 is 1.03 bits per heavy atom. The van der Waals surface area contributed by atoms with Crippen LogP contribution in [0.1, 0.15) is 17.2 Å². The maximum absolute atomic E-state index is 5.79. The van der Waals surface area contributed by atoms with Gasteiger partial charge in [-0.3, -0.25) is 9.89 Å². The summed E-state index contributed by atoms with van der Waals surface area (Å²) < 4.78 is 16.6. The fourth-order valence-corrected chi connectivity index (χ4v) is 3.56. The van der Waals surface area contributed by atoms with Crippen molar-refractivity contribution in [1.82, 2.24) is 15.5 Å². The number of aryl methyl sites for hydroxylation is 1. The van der Waals surface area contributed by atoms with Crippen molar-refractivity contribution in [1.29, 1.82) is 0 Å². The molecule has 0 saturated carbocycles. The van der Waals surface area contributed by atoms with E-state index in [0.717, 1.165) is 50.3 Å². The molecule has 168 valence electrons. The first-order valence-electron chi connectivity index (χ1n) is 10.8. The molecule has 1 saturated heterocycles. The van der Waals surface area contributed by atoms with E-state index in [2.05, 4.69) is 39.6 Å². The molecule has 7 nitrogen and oxygen atoms in total. The number of morpholine rings is 1. The summed E-state index contributed by atoms with van der Waals surface area (Å²) in [6.07, 6.45) is 0. The molecule has 2 aromatic carbocycles. The summed E-state index contributed by atoms with van der Waals surface area (Å²) >= 11 is 0. The van der Waals surface area contributed by atoms with Gasteiger partial charge in [0.25, 0.3) is 0 Å². The summed E-state index contributed by atoms with van der Waals surface area (Å²) in [4.78, 5) is 6.81. The maximum Gasteiger partial charge on any atom is 0.191 e. The summed E-state index contributed by atoms with van der Waals surface area (Å²) in [5, 5.41) is 6.80. The van der Waals surface area contributed by atoms with Crippen molar-refractivity contribution in [2.45, 2.75) is 13.0 Å². The molecule has 0 bridgehead atoms. The summed E-state index contributed by atoms with van der Waals surface area (Å²) in [6.45, 7) is 7.38. The van der Waals surface area contributed by atoms with E-state index >= 15 is 0 Å². The quantitative estimate of drug-likeness (QED) is 0.365. The molecule has 31 heavy (non-hydrogen) atoms. The average Bonchev–Trinajstić information content (AvgIpc) is 2.82. The second kappa shape index (κ2) is 12.2. The molecule has 1 fully saturated rings. The molecule has 1 unspecified atom stereocenters. The second-order valence-electron chi connectivity index (χ2n) is 7.48. The number of hydrogen-bond acceptors (Lipinski definition) is 5. The van der Waals surface area contributed by atoms with Crippen LogP contribution in [0.2, 0.25) is 0 Å². The molecule has 0 amide bonds. The number of guanidine groups is 1. The molecule has 0 aliphatic carbocycles. The molecule has 7 heteroatoms. The normalized spacial score (nSPS) is 15.9. The van der Waals surface area contributed by atoms with Gasteiger partial charge in [0.15, 0.2) is 5.96 Å². The zero-order chi connectivity index (χ0) is 21.9. The minimum atomic E-state index is 0.220. The van der Waals surface area contributed by atoms with Crippen molar-refractivity contribution in [2.75, 3.05) is 60.2 Å². The van der Waals surface area contributed by atoms with Gasteiger partial charge < -0.3 is 24.8 Å². The predicted molar refractivity (Wildman–Crippen MR) is 124 cm³/mol. The van der Waals surface area contributed by atoms with E-state index in [-0.39, 0.29) is 6.04 Å². The number of hydrogen-bond donors (Lipinski definition) is 2. The van der Waals surface area contributed by atoms with Gasteiger partial charge in [-0.25, -0.2) is 0 Å². The molecule has 3 rings (SSSR count). The first kappa shape index (κ1) is 22.9. The number of benzene rings is 2. The molecule has 0 spiro atoms. The van der Waals surface area contributed by atoms with E-state index in [0.29, 0.717) is 13.2 Å². The summed E-state index contributed by atoms with van der Waals surface area (Å²) in [6, 6.07) is 16.6. The van der Waals surface area contributed by atoms with Crippen LogP contribution in [-0.4, -0.2) is 71.0 Å². The van der Waals surface area contributed by atoms with Gasteiger partial charge in [0.2, 0.25) is 0 Å². The van der Waals surface area contributed by atoms with Gasteiger partial charge >= 0.3 is 0 Å². The highest BCUT2D eigenvalue weighted by Crippen LogP contribution is 2.23. The fraction of sp³-hybridized carbons (Fsp3) is 0.458. The SMILES string of the molecule is CN=C(NCCOc1ccc(C)cc1)NCC(c1ccc(OC)cc1)N1CCOCC1. The third kappa shape index (κ3) is 7.15. The summed E-state index contributed by atoms with van der Waals surface area (Å²) in [5.41, 5.74) is 2.47. The molecule has 2 aromatic rings. The highest BCUT2D eigenvalue weighted by Gasteiger charge is 2.23. The average molecular weight is 427 g/mol. The number of nitrogens with one attached hydrogen (secondary N) is 2. The minimum Gasteiger partial charge on any atom is -0.497 e. The molecule has 2 N–H and O–H groups in total. The smallest absolute Gasteiger partial charge is 0.191 e. The zero-order valence-electron chi connectivity index (χ0n) is 18.8. The molecule has 1 heterocycles. The largest absolute Gasteiger partial charge is 0.497 e. The maximum atomic E-state index is 5.79. The van der Waals surface area contributed by atoms with Crippen molar-refractivity contribution in [3.8, 4) is 11.5 Å². The van der Waals surface area contributed by atoms with Gasteiger partial charge in [0.1, 0.15) is 18.1 Å². The molecular weight excluding hydrogens is 392 g/mol. The minimum absolute atomic E-state index is 0.220. The number of methoxy groups -OCH3 is 1. The van der Waals surface area contributed by atoms with Crippen LogP contribution in [0.4, 0.5) is 0 Å². The van der Waals surface area contributed by atoms with Crippen molar-refractivity contribution in [3.63, 3.8) is 0 Å². The molecule has 1 aliphatic heterocycles. The molecule has 1 aliphatic rings. The lowest BCUT2D eigenvalue weighted by Gasteiger charge is -2.35. The van der Waals surface area contributed by atoms with Crippen LogP contribution < -0.4 is 20.1 Å². The number of aliphatic imine (C=N–C) groups is 1. The van der Waals surface area contributed by atoms with Gasteiger partial charge in [0, 0.05) is 26.7 Å². The van der Waals surface area contributed by atoms with E-state index in [9.17, 15) is 0 Å². The number of ether oxygens (including phenoxy) is 3. The first-order valence-corrected chi connectivity index (χ1v) is 10.8. The summed E-state index contributed by atoms with van der Waals surface area (Å²) in [7, 11) is 3.47. The van der Waals surface area contributed by atoms with Gasteiger partial charge in [0.05, 0.1) is 32.9 Å². The van der Waals surface area contributed by atoms with Crippen LogP contribution >= 0.6 is 0 Å². The Hall–Kier alpha value is -2.77. The van der Waals surface area contributed by atoms with Gasteiger partial charge in [-0.2, -0.15) is 0 Å². The summed E-state index contributed by atoms with van der Waals surface area (Å²) in [5.74, 6) is 2.50. The fourth-order valence-electron chi connectivity index (χ4n) is 3.56. The zero-order valence-corrected chi connectivity index (χ0v) is 18.8. The first-order chi connectivity index (χ1) is 15.2. The van der Waals surface area contributed by atoms with Gasteiger partial charge in [-0.15, -0.1) is 0 Å². The Morgan fingerprint density at radius 3 is 2.35 bits per heavy atom. The van der Waals surface area contributed by atoms with Crippen molar-refractivity contribution in [3.05, 3.63) is 59.7 Å².